The number of nitrogens with one attached hydrogen (secondary N) is 1. The molecule has 14 aromatic heterocycles. The summed E-state index contributed by atoms with van der Waals surface area (Å²) in [6, 6.07) is 14.2. The first-order chi connectivity index (χ1) is 43.4. The molecule has 0 radical (unpaired) electrons. The van der Waals surface area contributed by atoms with Crippen LogP contribution in [-0.2, 0) is 0 Å². The quantitative estimate of drug-likeness (QED) is 0.0813. The first-order valence-electron chi connectivity index (χ1n) is 29.8. The summed E-state index contributed by atoms with van der Waals surface area (Å²) in [5.41, 5.74) is 47.2. The van der Waals surface area contributed by atoms with Gasteiger partial charge in [-0.1, -0.05) is 61.1 Å². The van der Waals surface area contributed by atoms with E-state index in [1.165, 1.54) is 12.7 Å². The maximum absolute atomic E-state index is 5.75. The largest absolute Gasteiger partial charge is 0.397 e. The minimum Gasteiger partial charge on any atom is -0.397 e. The number of aromatic nitrogens is 23. The SMILES string of the molecule is C.CC(C)C.CC(C)c1cnc2c(N)ncnn12.CC(C)c1cnn2c(N)ccnc12.CC(C)n1ccc2c(N)ncnc21.CC(C)n1cnc2c(N)ccnc21.CC(C)n1cnc2cccnc21.CC(C)n1nnc2c(N)ccnc21.Nc1ccnc2nc[nH]c12. The van der Waals surface area contributed by atoms with Crippen LogP contribution in [0.15, 0.2) is 124 Å². The summed E-state index contributed by atoms with van der Waals surface area (Å²) < 4.78 is 11.3. The lowest BCUT2D eigenvalue weighted by atomic mass is 10.1. The Morgan fingerprint density at radius 2 is 1.04 bits per heavy atom. The number of nitrogen functional groups attached to an aromatic ring is 6. The number of H-pyrrole nitrogens is 1. The molecule has 0 aliphatic heterocycles. The van der Waals surface area contributed by atoms with Crippen LogP contribution in [0, 0.1) is 5.92 Å². The van der Waals surface area contributed by atoms with E-state index in [4.69, 9.17) is 34.4 Å². The van der Waals surface area contributed by atoms with Crippen LogP contribution in [0.25, 0.3) is 67.0 Å². The van der Waals surface area contributed by atoms with Crippen molar-refractivity contribution in [2.45, 2.75) is 147 Å². The molecule has 0 unspecified atom stereocenters. The summed E-state index contributed by atoms with van der Waals surface area (Å²) >= 11 is 0. The fraction of sp³-hybridized carbons (Fsp3) is 0.365. The second-order valence-corrected chi connectivity index (χ2v) is 23.2. The molecular weight excluding hydrogens is 1160 g/mol. The molecule has 0 bridgehead atoms. The molecule has 14 heterocycles. The number of hydrogen-bond acceptors (Lipinski definition) is 22. The Hall–Kier alpha value is -11.0. The van der Waals surface area contributed by atoms with Crippen molar-refractivity contribution in [3.8, 4) is 0 Å². The highest BCUT2D eigenvalue weighted by Gasteiger charge is 2.14. The summed E-state index contributed by atoms with van der Waals surface area (Å²) in [6.45, 7) is 31.6. The maximum Gasteiger partial charge on any atom is 0.196 e. The zero-order chi connectivity index (χ0) is 66.2. The van der Waals surface area contributed by atoms with Crippen LogP contribution in [0.1, 0.15) is 159 Å². The molecule has 29 nitrogen and oxygen atoms in total. The van der Waals surface area contributed by atoms with Crippen LogP contribution >= 0.6 is 0 Å². The van der Waals surface area contributed by atoms with Crippen molar-refractivity contribution in [2.24, 2.45) is 5.92 Å². The van der Waals surface area contributed by atoms with Gasteiger partial charge < -0.3 is 53.1 Å². The van der Waals surface area contributed by atoms with Crippen molar-refractivity contribution in [3.05, 3.63) is 135 Å². The molecule has 0 saturated heterocycles. The van der Waals surface area contributed by atoms with Crippen LogP contribution in [0.4, 0.5) is 34.5 Å². The molecule has 14 aromatic rings. The van der Waals surface area contributed by atoms with E-state index in [-0.39, 0.29) is 13.5 Å². The zero-order valence-electron chi connectivity index (χ0n) is 54.4. The van der Waals surface area contributed by atoms with Crippen molar-refractivity contribution in [1.29, 1.82) is 0 Å². The van der Waals surface area contributed by atoms with Crippen molar-refractivity contribution < 1.29 is 0 Å². The third-order valence-corrected chi connectivity index (χ3v) is 13.3. The highest BCUT2D eigenvalue weighted by atomic mass is 15.5. The third-order valence-electron chi connectivity index (χ3n) is 13.3. The smallest absolute Gasteiger partial charge is 0.196 e. The monoisotopic (exact) mass is 1250 g/mol. The highest BCUT2D eigenvalue weighted by Crippen LogP contribution is 2.24. The number of anilines is 6. The van der Waals surface area contributed by atoms with Gasteiger partial charge in [0, 0.05) is 60.9 Å². The van der Waals surface area contributed by atoms with Crippen molar-refractivity contribution >= 4 is 101 Å². The predicted octanol–water partition coefficient (Wildman–Crippen LogP) is 11.3. The minimum atomic E-state index is 0. The standard InChI is InChI=1S/3C9H12N4.C9H11N3.2C8H11N5.C6H6N4.C4H10.CH4/c1-6(2)7-5-12-13-8(10)3-4-11-9(7)13;1-6(2)13-5-12-8-7(10)3-4-11-9(8)13;1-6(2)13-4-3-7-8(10)11-5-12-9(7)13;1-7(2)12-6-11-8-4-3-5-10-9(8)12;1-5(2)6-3-10-8-7(9)11-4-12-13(6)8;1-5(2)13-8-7(11-12-13)6(9)3-4-10-8;7-4-1-2-8-6-5(4)9-3-10-6;1-4(2)3;/h3-6H,10H2,1-2H3;3-6H,1-2H3,(H2,10,11);3-6H,1-2H3,(H2,10,11,12);3-7H,1-2H3;3-5H,1-2H3,(H2,9,11,12);3-5H,1-2H3,(H2,9,10);1-3H,(H3,7,8,9,10);4H,1-3H3;1H4. The van der Waals surface area contributed by atoms with Crippen LogP contribution < -0.4 is 34.4 Å². The van der Waals surface area contributed by atoms with E-state index < -0.39 is 0 Å². The number of nitrogens with two attached hydrogens (primary N) is 6. The molecule has 0 spiro atoms. The molecule has 13 N–H and O–H groups in total. The molecular formula is C63H89N29. The Morgan fingerprint density at radius 3 is 1.70 bits per heavy atom. The number of pyridine rings is 4. The molecule has 0 saturated carbocycles. The summed E-state index contributed by atoms with van der Waals surface area (Å²) in [7, 11) is 0. The zero-order valence-corrected chi connectivity index (χ0v) is 54.4. The number of hydrogen-bond donors (Lipinski definition) is 7. The summed E-state index contributed by atoms with van der Waals surface area (Å²) in [5.74, 6) is 3.22. The van der Waals surface area contributed by atoms with Gasteiger partial charge in [-0.2, -0.15) is 14.7 Å². The maximum atomic E-state index is 5.75. The van der Waals surface area contributed by atoms with Gasteiger partial charge >= 0.3 is 0 Å². The van der Waals surface area contributed by atoms with Gasteiger partial charge in [-0.25, -0.2) is 69.0 Å². The first kappa shape index (κ1) is 70.1. The van der Waals surface area contributed by atoms with Crippen LogP contribution in [0.2, 0.25) is 0 Å². The lowest BCUT2D eigenvalue weighted by molar-refractivity contribution is 0.526. The Bertz CT molecular complexity index is 4060. The Labute approximate surface area is 534 Å². The van der Waals surface area contributed by atoms with E-state index in [2.05, 4.69) is 184 Å². The molecule has 0 atom stereocenters. The molecule has 14 rings (SSSR count). The molecule has 0 aliphatic carbocycles. The fourth-order valence-corrected chi connectivity index (χ4v) is 8.64. The normalized spacial score (nSPS) is 11.0. The van der Waals surface area contributed by atoms with E-state index in [0.29, 0.717) is 81.3 Å². The van der Waals surface area contributed by atoms with E-state index in [9.17, 15) is 0 Å². The summed E-state index contributed by atoms with van der Waals surface area (Å²) in [6.07, 6.45) is 22.2. The van der Waals surface area contributed by atoms with E-state index in [1.807, 2.05) is 55.3 Å². The second-order valence-electron chi connectivity index (χ2n) is 23.2. The van der Waals surface area contributed by atoms with E-state index in [0.717, 1.165) is 67.3 Å². The van der Waals surface area contributed by atoms with Crippen molar-refractivity contribution in [1.82, 2.24) is 113 Å². The molecule has 0 fully saturated rings. The summed E-state index contributed by atoms with van der Waals surface area (Å²) in [4.78, 5) is 52.3. The second kappa shape index (κ2) is 32.0. The van der Waals surface area contributed by atoms with Gasteiger partial charge in [0.2, 0.25) is 0 Å². The van der Waals surface area contributed by atoms with Gasteiger partial charge in [0.25, 0.3) is 0 Å². The van der Waals surface area contributed by atoms with Gasteiger partial charge in [-0.3, -0.25) is 0 Å². The number of aromatic amines is 1. The van der Waals surface area contributed by atoms with Gasteiger partial charge in [0.05, 0.1) is 65.6 Å². The van der Waals surface area contributed by atoms with Crippen LogP contribution in [0.5, 0.6) is 0 Å². The van der Waals surface area contributed by atoms with E-state index in [1.54, 1.807) is 87.8 Å². The van der Waals surface area contributed by atoms with Crippen LogP contribution in [0.3, 0.4) is 0 Å². The Morgan fingerprint density at radius 1 is 0.446 bits per heavy atom. The van der Waals surface area contributed by atoms with E-state index >= 15 is 0 Å². The predicted molar refractivity (Wildman–Crippen MR) is 369 cm³/mol. The highest BCUT2D eigenvalue weighted by molar-refractivity contribution is 5.86. The number of rotatable bonds is 6. The Balaban J connectivity index is 0.000000169. The molecule has 0 amide bonds. The molecule has 0 aliphatic rings. The molecule has 29 heteroatoms. The molecule has 486 valence electrons. The minimum absolute atomic E-state index is 0. The lowest BCUT2D eigenvalue weighted by Crippen LogP contribution is -2.03. The van der Waals surface area contributed by atoms with Gasteiger partial charge in [0.1, 0.15) is 46.5 Å². The third kappa shape index (κ3) is 17.0. The topological polar surface area (TPSA) is 407 Å². The first-order valence-corrected chi connectivity index (χ1v) is 29.8. The van der Waals surface area contributed by atoms with Crippen molar-refractivity contribution in [3.63, 3.8) is 0 Å². The number of nitrogens with zero attached hydrogens (tertiary/aromatic N) is 22. The van der Waals surface area contributed by atoms with Crippen molar-refractivity contribution in [2.75, 3.05) is 34.4 Å². The van der Waals surface area contributed by atoms with Crippen LogP contribution in [-0.4, -0.2) is 113 Å². The van der Waals surface area contributed by atoms with Gasteiger partial charge in [-0.05, 0) is 116 Å². The van der Waals surface area contributed by atoms with Gasteiger partial charge in [0.15, 0.2) is 45.2 Å². The number of fused-ring (bicyclic) bond motifs is 7. The summed E-state index contributed by atoms with van der Waals surface area (Å²) in [5, 5.41) is 17.1. The Kier molecular flexibility index (Phi) is 24.3. The average molecular weight is 1250 g/mol. The molecule has 0 aromatic carbocycles. The van der Waals surface area contributed by atoms with Gasteiger partial charge in [-0.15, -0.1) is 5.10 Å². The average Bonchev–Trinajstić information content (AvgIpc) is 1.94. The fourth-order valence-electron chi connectivity index (χ4n) is 8.64. The molecule has 92 heavy (non-hydrogen) atoms. The lowest BCUT2D eigenvalue weighted by Gasteiger charge is -2.07. The number of imidazole rings is 4.